The number of carbonyl (C=O) groups excluding carboxylic acids is 1. The fourth-order valence-electron chi connectivity index (χ4n) is 1.96. The van der Waals surface area contributed by atoms with Gasteiger partial charge in [-0.05, 0) is 35.2 Å². The zero-order chi connectivity index (χ0) is 11.6. The summed E-state index contributed by atoms with van der Waals surface area (Å²) in [4.78, 5) is 11.8. The average molecular weight is 258 g/mol. The first-order valence-corrected chi connectivity index (χ1v) is 8.07. The maximum absolute atomic E-state index is 11.8. The van der Waals surface area contributed by atoms with E-state index >= 15 is 0 Å². The van der Waals surface area contributed by atoms with Crippen LogP contribution < -0.4 is 0 Å². The first-order valence-electron chi connectivity index (χ1n) is 5.31. The minimum absolute atomic E-state index is 0.0650. The number of sulfone groups is 1. The molecule has 3 nitrogen and oxygen atoms in total. The van der Waals surface area contributed by atoms with Gasteiger partial charge in [0.05, 0.1) is 11.5 Å². The molecule has 0 aliphatic carbocycles. The third-order valence-corrected chi connectivity index (χ3v) is 5.43. The zero-order valence-corrected chi connectivity index (χ0v) is 10.5. The van der Waals surface area contributed by atoms with Crippen LogP contribution in [-0.2, 0) is 21.1 Å². The van der Waals surface area contributed by atoms with E-state index in [1.54, 1.807) is 11.3 Å². The molecule has 5 heteroatoms. The standard InChI is InChI=1S/C11H14O3S2/c12-11(2-1-9-3-5-15-7-9)10-4-6-16(13,14)8-10/h3,5,7,10H,1-2,4,6,8H2. The second kappa shape index (κ2) is 4.67. The largest absolute Gasteiger partial charge is 0.299 e. The van der Waals surface area contributed by atoms with Gasteiger partial charge in [-0.3, -0.25) is 4.79 Å². The van der Waals surface area contributed by atoms with E-state index in [9.17, 15) is 13.2 Å². The van der Waals surface area contributed by atoms with Crippen molar-refractivity contribution in [3.8, 4) is 0 Å². The van der Waals surface area contributed by atoms with Crippen LogP contribution in [0.5, 0.6) is 0 Å². The van der Waals surface area contributed by atoms with Gasteiger partial charge in [0.15, 0.2) is 9.84 Å². The topological polar surface area (TPSA) is 51.2 Å². The second-order valence-electron chi connectivity index (χ2n) is 4.20. The average Bonchev–Trinajstić information content (AvgIpc) is 2.83. The Morgan fingerprint density at radius 2 is 2.31 bits per heavy atom. The van der Waals surface area contributed by atoms with Crippen LogP contribution in [0.25, 0.3) is 0 Å². The molecule has 1 saturated heterocycles. The Morgan fingerprint density at radius 1 is 1.50 bits per heavy atom. The first-order chi connectivity index (χ1) is 7.57. The molecule has 16 heavy (non-hydrogen) atoms. The van der Waals surface area contributed by atoms with Gasteiger partial charge in [0, 0.05) is 12.3 Å². The van der Waals surface area contributed by atoms with Gasteiger partial charge < -0.3 is 0 Å². The molecule has 0 spiro atoms. The van der Waals surface area contributed by atoms with Crippen LogP contribution in [0, 0.1) is 5.92 Å². The molecular weight excluding hydrogens is 244 g/mol. The van der Waals surface area contributed by atoms with Crippen LogP contribution in [0.3, 0.4) is 0 Å². The fraction of sp³-hybridized carbons (Fsp3) is 0.545. The molecule has 1 atom stereocenters. The number of carbonyl (C=O) groups is 1. The molecule has 0 amide bonds. The maximum atomic E-state index is 11.8. The molecule has 0 N–H and O–H groups in total. The number of hydrogen-bond donors (Lipinski definition) is 0. The number of hydrogen-bond acceptors (Lipinski definition) is 4. The zero-order valence-electron chi connectivity index (χ0n) is 8.89. The summed E-state index contributed by atoms with van der Waals surface area (Å²) in [5.41, 5.74) is 1.17. The highest BCUT2D eigenvalue weighted by Crippen LogP contribution is 2.21. The Hall–Kier alpha value is -0.680. The van der Waals surface area contributed by atoms with Gasteiger partial charge in [-0.2, -0.15) is 11.3 Å². The molecular formula is C11H14O3S2. The third kappa shape index (κ3) is 2.92. The Labute approximate surface area is 99.4 Å². The van der Waals surface area contributed by atoms with Crippen molar-refractivity contribution in [2.75, 3.05) is 11.5 Å². The predicted octanol–water partition coefficient (Wildman–Crippen LogP) is 1.68. The van der Waals surface area contributed by atoms with E-state index < -0.39 is 9.84 Å². The van der Waals surface area contributed by atoms with E-state index in [0.717, 1.165) is 6.42 Å². The lowest BCUT2D eigenvalue weighted by Gasteiger charge is -2.05. The van der Waals surface area contributed by atoms with Crippen molar-refractivity contribution in [2.45, 2.75) is 19.3 Å². The Morgan fingerprint density at radius 3 is 2.88 bits per heavy atom. The quantitative estimate of drug-likeness (QED) is 0.825. The van der Waals surface area contributed by atoms with Gasteiger partial charge in [0.25, 0.3) is 0 Å². The summed E-state index contributed by atoms with van der Waals surface area (Å²) in [6.07, 6.45) is 1.72. The van der Waals surface area contributed by atoms with Gasteiger partial charge in [-0.25, -0.2) is 8.42 Å². The molecule has 1 unspecified atom stereocenters. The number of aryl methyl sites for hydroxylation is 1. The van der Waals surface area contributed by atoms with Crippen molar-refractivity contribution in [1.82, 2.24) is 0 Å². The molecule has 1 aromatic rings. The van der Waals surface area contributed by atoms with E-state index in [-0.39, 0.29) is 23.2 Å². The monoisotopic (exact) mass is 258 g/mol. The fourth-order valence-corrected chi connectivity index (χ4v) is 4.43. The normalized spacial score (nSPS) is 23.4. The van der Waals surface area contributed by atoms with Crippen molar-refractivity contribution in [3.63, 3.8) is 0 Å². The summed E-state index contributed by atoms with van der Waals surface area (Å²) in [5, 5.41) is 4.01. The lowest BCUT2D eigenvalue weighted by Crippen LogP contribution is -2.16. The van der Waals surface area contributed by atoms with Crippen LogP contribution in [0.1, 0.15) is 18.4 Å². The van der Waals surface area contributed by atoms with Crippen LogP contribution in [0.15, 0.2) is 16.8 Å². The lowest BCUT2D eigenvalue weighted by molar-refractivity contribution is -0.122. The minimum atomic E-state index is -2.93. The SMILES string of the molecule is O=C(CCc1ccsc1)C1CCS(=O)(=O)C1. The third-order valence-electron chi connectivity index (χ3n) is 2.93. The van der Waals surface area contributed by atoms with E-state index in [4.69, 9.17) is 0 Å². The maximum Gasteiger partial charge on any atom is 0.151 e. The molecule has 2 heterocycles. The highest BCUT2D eigenvalue weighted by Gasteiger charge is 2.32. The highest BCUT2D eigenvalue weighted by molar-refractivity contribution is 7.91. The molecule has 1 aliphatic heterocycles. The molecule has 88 valence electrons. The van der Waals surface area contributed by atoms with Crippen molar-refractivity contribution >= 4 is 27.0 Å². The molecule has 0 radical (unpaired) electrons. The molecule has 0 bridgehead atoms. The van der Waals surface area contributed by atoms with Crippen molar-refractivity contribution in [1.29, 1.82) is 0 Å². The Kier molecular flexibility index (Phi) is 3.44. The summed E-state index contributed by atoms with van der Waals surface area (Å²) in [6.45, 7) is 0. The highest BCUT2D eigenvalue weighted by atomic mass is 32.2. The van der Waals surface area contributed by atoms with Gasteiger partial charge in [0.1, 0.15) is 5.78 Å². The number of Topliss-reactive ketones (excluding diaryl/α,β-unsaturated/α-hetero) is 1. The first kappa shape index (κ1) is 11.8. The van der Waals surface area contributed by atoms with Gasteiger partial charge in [0.2, 0.25) is 0 Å². The van der Waals surface area contributed by atoms with E-state index in [2.05, 4.69) is 0 Å². The van der Waals surface area contributed by atoms with Gasteiger partial charge >= 0.3 is 0 Å². The van der Waals surface area contributed by atoms with Crippen LogP contribution in [0.4, 0.5) is 0 Å². The van der Waals surface area contributed by atoms with Crippen molar-refractivity contribution < 1.29 is 13.2 Å². The van der Waals surface area contributed by atoms with E-state index in [1.807, 2.05) is 16.8 Å². The molecule has 0 aromatic carbocycles. The molecule has 1 aliphatic rings. The summed E-state index contributed by atoms with van der Waals surface area (Å²) >= 11 is 1.62. The lowest BCUT2D eigenvalue weighted by atomic mass is 9.98. The number of rotatable bonds is 4. The Bertz CT molecular complexity index is 459. The van der Waals surface area contributed by atoms with Crippen LogP contribution in [-0.4, -0.2) is 25.7 Å². The van der Waals surface area contributed by atoms with Crippen LogP contribution in [0.2, 0.25) is 0 Å². The van der Waals surface area contributed by atoms with Crippen molar-refractivity contribution in [3.05, 3.63) is 22.4 Å². The number of ketones is 1. The Balaban J connectivity index is 1.85. The molecule has 1 fully saturated rings. The predicted molar refractivity (Wildman–Crippen MR) is 64.4 cm³/mol. The molecule has 2 rings (SSSR count). The van der Waals surface area contributed by atoms with Gasteiger partial charge in [-0.1, -0.05) is 0 Å². The van der Waals surface area contributed by atoms with Gasteiger partial charge in [-0.15, -0.1) is 0 Å². The smallest absolute Gasteiger partial charge is 0.151 e. The second-order valence-corrected chi connectivity index (χ2v) is 7.21. The van der Waals surface area contributed by atoms with E-state index in [0.29, 0.717) is 12.8 Å². The molecule has 0 saturated carbocycles. The van der Waals surface area contributed by atoms with Crippen molar-refractivity contribution in [2.24, 2.45) is 5.92 Å². The minimum Gasteiger partial charge on any atom is -0.299 e. The summed E-state index contributed by atoms with van der Waals surface area (Å²) in [6, 6.07) is 2.00. The summed E-state index contributed by atoms with van der Waals surface area (Å²) < 4.78 is 22.5. The molecule has 1 aromatic heterocycles. The van der Waals surface area contributed by atoms with Crippen LogP contribution >= 0.6 is 11.3 Å². The number of thiophene rings is 1. The summed E-state index contributed by atoms with van der Waals surface area (Å²) in [5.74, 6) is 0.105. The van der Waals surface area contributed by atoms with E-state index in [1.165, 1.54) is 5.56 Å². The summed E-state index contributed by atoms with van der Waals surface area (Å²) in [7, 11) is -2.93.